The number of benzene rings is 4. The smallest absolute Gasteiger partial charge is 0.200 e. The zero-order chi connectivity index (χ0) is 23.4. The SMILES string of the molecule is Oc1ccc(-c2ccc(CCCCc3ccc(-c4cccc(F)c4F)cc3)cc2)c(F)c1F. The van der Waals surface area contributed by atoms with Crippen LogP contribution in [0.25, 0.3) is 22.3 Å². The Balaban J connectivity index is 1.30. The van der Waals surface area contributed by atoms with Gasteiger partial charge in [0.1, 0.15) is 0 Å². The fourth-order valence-electron chi connectivity index (χ4n) is 3.85. The highest BCUT2D eigenvalue weighted by Gasteiger charge is 2.14. The molecular formula is C28H22F4O. The minimum Gasteiger partial charge on any atom is -0.505 e. The summed E-state index contributed by atoms with van der Waals surface area (Å²) in [7, 11) is 0. The summed E-state index contributed by atoms with van der Waals surface area (Å²) in [5, 5.41) is 9.26. The number of aromatic hydroxyl groups is 1. The van der Waals surface area contributed by atoms with Crippen LogP contribution in [0.4, 0.5) is 17.6 Å². The maximum absolute atomic E-state index is 14.0. The Hall–Kier alpha value is -3.60. The molecule has 0 fully saturated rings. The molecule has 1 N–H and O–H groups in total. The van der Waals surface area contributed by atoms with Crippen LogP contribution in [0.1, 0.15) is 24.0 Å². The summed E-state index contributed by atoms with van der Waals surface area (Å²) in [6, 6.07) is 21.4. The van der Waals surface area contributed by atoms with E-state index in [1.165, 1.54) is 12.1 Å². The largest absolute Gasteiger partial charge is 0.505 e. The number of phenols is 1. The first-order chi connectivity index (χ1) is 15.9. The molecule has 0 aromatic heterocycles. The van der Waals surface area contributed by atoms with Crippen LogP contribution in [0.15, 0.2) is 78.9 Å². The van der Waals surface area contributed by atoms with E-state index in [1.807, 2.05) is 24.3 Å². The van der Waals surface area contributed by atoms with Gasteiger partial charge in [-0.05, 0) is 66.1 Å². The maximum atomic E-state index is 14.0. The lowest BCUT2D eigenvalue weighted by Gasteiger charge is -2.08. The van der Waals surface area contributed by atoms with Gasteiger partial charge in [-0.1, -0.05) is 60.7 Å². The first kappa shape index (κ1) is 22.6. The molecule has 0 unspecified atom stereocenters. The monoisotopic (exact) mass is 450 g/mol. The van der Waals surface area contributed by atoms with Crippen molar-refractivity contribution < 1.29 is 22.7 Å². The summed E-state index contributed by atoms with van der Waals surface area (Å²) in [4.78, 5) is 0. The Labute approximate surface area is 190 Å². The van der Waals surface area contributed by atoms with Gasteiger partial charge >= 0.3 is 0 Å². The summed E-state index contributed by atoms with van der Waals surface area (Å²) in [6.07, 6.45) is 3.61. The Kier molecular flexibility index (Phi) is 6.78. The van der Waals surface area contributed by atoms with Gasteiger partial charge in [0.15, 0.2) is 23.2 Å². The second-order valence-corrected chi connectivity index (χ2v) is 7.96. The van der Waals surface area contributed by atoms with Gasteiger partial charge in [0.25, 0.3) is 0 Å². The minimum absolute atomic E-state index is 0.110. The van der Waals surface area contributed by atoms with E-state index >= 15 is 0 Å². The number of unbranched alkanes of at least 4 members (excludes halogenated alkanes) is 1. The molecule has 0 atom stereocenters. The van der Waals surface area contributed by atoms with Crippen molar-refractivity contribution in [1.82, 2.24) is 0 Å². The molecule has 0 aliphatic rings. The van der Waals surface area contributed by atoms with Crippen LogP contribution >= 0.6 is 0 Å². The standard InChI is InChI=1S/C28H22F4O/c29-24-7-3-6-22(26(24)30)20-12-8-18(9-13-20)4-1-2-5-19-10-14-21(15-11-19)23-16-17-25(33)28(32)27(23)31/h3,6-17,33H,1-2,4-5H2. The number of phenolic OH excluding ortho intramolecular Hbond substituents is 1. The van der Waals surface area contributed by atoms with Gasteiger partial charge in [-0.15, -0.1) is 0 Å². The molecule has 0 saturated heterocycles. The molecule has 0 bridgehead atoms. The predicted octanol–water partition coefficient (Wildman–Crippen LogP) is 7.85. The first-order valence-corrected chi connectivity index (χ1v) is 10.7. The number of rotatable bonds is 7. The zero-order valence-corrected chi connectivity index (χ0v) is 17.8. The Bertz CT molecular complexity index is 1250. The molecule has 0 aliphatic carbocycles. The zero-order valence-electron chi connectivity index (χ0n) is 17.8. The Morgan fingerprint density at radius 3 is 1.58 bits per heavy atom. The van der Waals surface area contributed by atoms with Gasteiger partial charge in [0, 0.05) is 11.1 Å². The van der Waals surface area contributed by atoms with Gasteiger partial charge in [-0.25, -0.2) is 13.2 Å². The summed E-state index contributed by atoms with van der Waals surface area (Å²) < 4.78 is 55.0. The summed E-state index contributed by atoms with van der Waals surface area (Å²) in [6.45, 7) is 0. The quantitative estimate of drug-likeness (QED) is 0.225. The molecule has 168 valence electrons. The average Bonchev–Trinajstić information content (AvgIpc) is 2.83. The highest BCUT2D eigenvalue weighted by Crippen LogP contribution is 2.29. The molecule has 0 spiro atoms. The molecule has 0 aliphatic heterocycles. The lowest BCUT2D eigenvalue weighted by Crippen LogP contribution is -1.92. The summed E-state index contributed by atoms with van der Waals surface area (Å²) in [5.74, 6) is -4.71. The predicted molar refractivity (Wildman–Crippen MR) is 122 cm³/mol. The van der Waals surface area contributed by atoms with E-state index in [2.05, 4.69) is 0 Å². The Morgan fingerprint density at radius 2 is 1.03 bits per heavy atom. The third-order valence-electron chi connectivity index (χ3n) is 5.72. The lowest BCUT2D eigenvalue weighted by molar-refractivity contribution is 0.408. The topological polar surface area (TPSA) is 20.2 Å². The fourth-order valence-corrected chi connectivity index (χ4v) is 3.85. The molecular weight excluding hydrogens is 428 g/mol. The molecule has 4 aromatic carbocycles. The van der Waals surface area contributed by atoms with E-state index in [9.17, 15) is 22.7 Å². The van der Waals surface area contributed by atoms with Crippen molar-refractivity contribution in [1.29, 1.82) is 0 Å². The van der Waals surface area contributed by atoms with Crippen LogP contribution in [-0.4, -0.2) is 5.11 Å². The number of aryl methyl sites for hydroxylation is 2. The van der Waals surface area contributed by atoms with E-state index in [4.69, 9.17) is 0 Å². The van der Waals surface area contributed by atoms with E-state index in [-0.39, 0.29) is 11.1 Å². The van der Waals surface area contributed by atoms with Gasteiger partial charge in [-0.3, -0.25) is 0 Å². The van der Waals surface area contributed by atoms with E-state index in [0.717, 1.165) is 48.9 Å². The molecule has 0 amide bonds. The van der Waals surface area contributed by atoms with Crippen molar-refractivity contribution in [2.75, 3.05) is 0 Å². The molecule has 1 nitrogen and oxygen atoms in total. The number of hydrogen-bond donors (Lipinski definition) is 1. The first-order valence-electron chi connectivity index (χ1n) is 10.7. The molecule has 0 radical (unpaired) electrons. The second kappa shape index (κ2) is 9.90. The van der Waals surface area contributed by atoms with Crippen LogP contribution in [0, 0.1) is 23.3 Å². The number of hydrogen-bond acceptors (Lipinski definition) is 1. The van der Waals surface area contributed by atoms with Crippen molar-refractivity contribution in [2.45, 2.75) is 25.7 Å². The van der Waals surface area contributed by atoms with Gasteiger partial charge in [0.2, 0.25) is 5.82 Å². The fraction of sp³-hybridized carbons (Fsp3) is 0.143. The van der Waals surface area contributed by atoms with E-state index in [0.29, 0.717) is 11.1 Å². The highest BCUT2D eigenvalue weighted by molar-refractivity contribution is 5.66. The normalized spacial score (nSPS) is 11.0. The molecule has 33 heavy (non-hydrogen) atoms. The molecule has 5 heteroatoms. The second-order valence-electron chi connectivity index (χ2n) is 7.96. The van der Waals surface area contributed by atoms with Gasteiger partial charge in [0.05, 0.1) is 0 Å². The third-order valence-corrected chi connectivity index (χ3v) is 5.72. The maximum Gasteiger partial charge on any atom is 0.200 e. The van der Waals surface area contributed by atoms with Gasteiger partial charge < -0.3 is 5.11 Å². The molecule has 4 aromatic rings. The average molecular weight is 450 g/mol. The molecule has 0 saturated carbocycles. The van der Waals surface area contributed by atoms with E-state index < -0.39 is 29.0 Å². The van der Waals surface area contributed by atoms with Crippen LogP contribution in [0.5, 0.6) is 5.75 Å². The van der Waals surface area contributed by atoms with Crippen LogP contribution in [-0.2, 0) is 12.8 Å². The van der Waals surface area contributed by atoms with Crippen LogP contribution in [0.3, 0.4) is 0 Å². The van der Waals surface area contributed by atoms with Crippen molar-refractivity contribution in [2.24, 2.45) is 0 Å². The summed E-state index contributed by atoms with van der Waals surface area (Å²) >= 11 is 0. The summed E-state index contributed by atoms with van der Waals surface area (Å²) in [5.41, 5.74) is 3.76. The highest BCUT2D eigenvalue weighted by atomic mass is 19.2. The van der Waals surface area contributed by atoms with Crippen LogP contribution < -0.4 is 0 Å². The van der Waals surface area contributed by atoms with Crippen LogP contribution in [0.2, 0.25) is 0 Å². The van der Waals surface area contributed by atoms with E-state index in [1.54, 1.807) is 30.3 Å². The third kappa shape index (κ3) is 5.08. The molecule has 4 rings (SSSR count). The van der Waals surface area contributed by atoms with Gasteiger partial charge in [-0.2, -0.15) is 4.39 Å². The van der Waals surface area contributed by atoms with Crippen molar-refractivity contribution >= 4 is 0 Å². The van der Waals surface area contributed by atoms with Crippen molar-refractivity contribution in [3.05, 3.63) is 113 Å². The molecule has 0 heterocycles. The lowest BCUT2D eigenvalue weighted by atomic mass is 9.98. The van der Waals surface area contributed by atoms with Crippen molar-refractivity contribution in [3.63, 3.8) is 0 Å². The Morgan fingerprint density at radius 1 is 0.515 bits per heavy atom. The van der Waals surface area contributed by atoms with Crippen molar-refractivity contribution in [3.8, 4) is 28.0 Å². The minimum atomic E-state index is -1.24. The number of halogens is 4.